The lowest BCUT2D eigenvalue weighted by Crippen LogP contribution is -1.99. The highest BCUT2D eigenvalue weighted by Crippen LogP contribution is 2.19. The van der Waals surface area contributed by atoms with E-state index in [9.17, 15) is 0 Å². The van der Waals surface area contributed by atoms with Gasteiger partial charge in [0.15, 0.2) is 0 Å². The Balaban J connectivity index is 2.56. The average Bonchev–Trinajstić information content (AvgIpc) is 2.05. The molecule has 0 aromatic rings. The lowest BCUT2D eigenvalue weighted by atomic mass is 9.98. The minimum absolute atomic E-state index is 0.694. The van der Waals surface area contributed by atoms with E-state index in [2.05, 4.69) is 19.1 Å². The Labute approximate surface area is 62.4 Å². The van der Waals surface area contributed by atoms with E-state index in [0.717, 1.165) is 5.76 Å². The van der Waals surface area contributed by atoms with Crippen LogP contribution in [0, 0.1) is 5.92 Å². The Morgan fingerprint density at radius 2 is 2.50 bits per heavy atom. The zero-order valence-corrected chi connectivity index (χ0v) is 6.63. The maximum absolute atomic E-state index is 5.10. The molecule has 1 atom stereocenters. The minimum atomic E-state index is 0.694. The number of methoxy groups -OCH3 is 1. The molecule has 10 heavy (non-hydrogen) atoms. The summed E-state index contributed by atoms with van der Waals surface area (Å²) in [7, 11) is 1.72. The van der Waals surface area contributed by atoms with Crippen LogP contribution in [0.1, 0.15) is 19.8 Å². The molecule has 1 nitrogen and oxygen atoms in total. The van der Waals surface area contributed by atoms with E-state index in [0.29, 0.717) is 5.92 Å². The van der Waals surface area contributed by atoms with Crippen LogP contribution < -0.4 is 0 Å². The third-order valence-electron chi connectivity index (χ3n) is 1.88. The standard InChI is InChI=1S/C9H14O/c1-3-8-5-4-6-9(7-8)10-2/h4,6-8H,3,5H2,1-2H3/t8-/m1/s1. The summed E-state index contributed by atoms with van der Waals surface area (Å²) in [6, 6.07) is 0. The first-order valence-electron chi connectivity index (χ1n) is 3.79. The second-order valence-corrected chi connectivity index (χ2v) is 2.58. The molecule has 1 aliphatic rings. The smallest absolute Gasteiger partial charge is 0.114 e. The van der Waals surface area contributed by atoms with Crippen LogP contribution in [-0.2, 0) is 4.74 Å². The van der Waals surface area contributed by atoms with Gasteiger partial charge in [0.05, 0.1) is 7.11 Å². The van der Waals surface area contributed by atoms with Crippen LogP contribution in [0.3, 0.4) is 0 Å². The molecule has 0 saturated carbocycles. The molecule has 1 rings (SSSR count). The molecule has 1 heteroatoms. The Morgan fingerprint density at radius 3 is 3.10 bits per heavy atom. The lowest BCUT2D eigenvalue weighted by molar-refractivity contribution is 0.299. The molecule has 0 aromatic carbocycles. The largest absolute Gasteiger partial charge is 0.497 e. The first-order chi connectivity index (χ1) is 4.86. The zero-order valence-electron chi connectivity index (χ0n) is 6.63. The SMILES string of the molecule is CC[C@H]1C=C(OC)C=CC1. The maximum Gasteiger partial charge on any atom is 0.114 e. The van der Waals surface area contributed by atoms with Gasteiger partial charge in [-0.2, -0.15) is 0 Å². The van der Waals surface area contributed by atoms with Crippen LogP contribution >= 0.6 is 0 Å². The van der Waals surface area contributed by atoms with Crippen molar-refractivity contribution in [2.75, 3.05) is 7.11 Å². The summed E-state index contributed by atoms with van der Waals surface area (Å²) < 4.78 is 5.10. The molecule has 0 bridgehead atoms. The zero-order chi connectivity index (χ0) is 7.40. The van der Waals surface area contributed by atoms with E-state index >= 15 is 0 Å². The second-order valence-electron chi connectivity index (χ2n) is 2.58. The molecule has 0 amide bonds. The van der Waals surface area contributed by atoms with Crippen LogP contribution in [-0.4, -0.2) is 7.11 Å². The molecule has 0 spiro atoms. The van der Waals surface area contributed by atoms with Gasteiger partial charge in [-0.05, 0) is 30.9 Å². The van der Waals surface area contributed by atoms with Crippen molar-refractivity contribution in [3.63, 3.8) is 0 Å². The van der Waals surface area contributed by atoms with Crippen molar-refractivity contribution >= 4 is 0 Å². The first-order valence-corrected chi connectivity index (χ1v) is 3.79. The minimum Gasteiger partial charge on any atom is -0.497 e. The van der Waals surface area contributed by atoms with Crippen LogP contribution in [0.5, 0.6) is 0 Å². The summed E-state index contributed by atoms with van der Waals surface area (Å²) in [6.07, 6.45) is 8.78. The highest BCUT2D eigenvalue weighted by Gasteiger charge is 2.05. The van der Waals surface area contributed by atoms with Crippen molar-refractivity contribution in [1.29, 1.82) is 0 Å². The first kappa shape index (κ1) is 7.39. The van der Waals surface area contributed by atoms with Gasteiger partial charge in [0.25, 0.3) is 0 Å². The molecule has 0 aromatic heterocycles. The fourth-order valence-electron chi connectivity index (χ4n) is 1.14. The van der Waals surface area contributed by atoms with Gasteiger partial charge in [-0.3, -0.25) is 0 Å². The number of hydrogen-bond donors (Lipinski definition) is 0. The highest BCUT2D eigenvalue weighted by atomic mass is 16.5. The Bertz CT molecular complexity index is 156. The molecule has 0 heterocycles. The predicted octanol–water partition coefficient (Wildman–Crippen LogP) is 2.50. The maximum atomic E-state index is 5.10. The summed E-state index contributed by atoms with van der Waals surface area (Å²) in [4.78, 5) is 0. The van der Waals surface area contributed by atoms with Crippen LogP contribution in [0.15, 0.2) is 24.0 Å². The van der Waals surface area contributed by atoms with E-state index in [1.54, 1.807) is 7.11 Å². The van der Waals surface area contributed by atoms with Crippen molar-refractivity contribution in [1.82, 2.24) is 0 Å². The van der Waals surface area contributed by atoms with Crippen molar-refractivity contribution in [3.05, 3.63) is 24.0 Å². The molecule has 0 saturated heterocycles. The quantitative estimate of drug-likeness (QED) is 0.569. The monoisotopic (exact) mass is 138 g/mol. The molecule has 1 aliphatic carbocycles. The van der Waals surface area contributed by atoms with E-state index in [1.807, 2.05) is 6.08 Å². The van der Waals surface area contributed by atoms with E-state index < -0.39 is 0 Å². The molecule has 0 aliphatic heterocycles. The van der Waals surface area contributed by atoms with Gasteiger partial charge in [0.1, 0.15) is 5.76 Å². The summed E-state index contributed by atoms with van der Waals surface area (Å²) >= 11 is 0. The summed E-state index contributed by atoms with van der Waals surface area (Å²) in [5, 5.41) is 0. The van der Waals surface area contributed by atoms with E-state index in [-0.39, 0.29) is 0 Å². The van der Waals surface area contributed by atoms with Crippen LogP contribution in [0.2, 0.25) is 0 Å². The van der Waals surface area contributed by atoms with Gasteiger partial charge < -0.3 is 4.74 Å². The molecule has 0 N–H and O–H groups in total. The van der Waals surface area contributed by atoms with Crippen molar-refractivity contribution in [2.45, 2.75) is 19.8 Å². The second kappa shape index (κ2) is 3.45. The number of rotatable bonds is 2. The fourth-order valence-corrected chi connectivity index (χ4v) is 1.14. The predicted molar refractivity (Wildman–Crippen MR) is 42.6 cm³/mol. The van der Waals surface area contributed by atoms with Gasteiger partial charge in [-0.15, -0.1) is 0 Å². The van der Waals surface area contributed by atoms with Gasteiger partial charge in [0, 0.05) is 0 Å². The Morgan fingerprint density at radius 1 is 1.70 bits per heavy atom. The van der Waals surface area contributed by atoms with Crippen molar-refractivity contribution < 1.29 is 4.74 Å². The summed E-state index contributed by atoms with van der Waals surface area (Å²) in [5.74, 6) is 1.71. The molecule has 0 fully saturated rings. The molecule has 0 unspecified atom stereocenters. The topological polar surface area (TPSA) is 9.23 Å². The highest BCUT2D eigenvalue weighted by molar-refractivity contribution is 5.17. The average molecular weight is 138 g/mol. The van der Waals surface area contributed by atoms with Crippen molar-refractivity contribution in [3.8, 4) is 0 Å². The molecule has 0 radical (unpaired) electrons. The third-order valence-corrected chi connectivity index (χ3v) is 1.88. The van der Waals surface area contributed by atoms with E-state index in [4.69, 9.17) is 4.74 Å². The normalized spacial score (nSPS) is 24.2. The van der Waals surface area contributed by atoms with Crippen LogP contribution in [0.4, 0.5) is 0 Å². The number of hydrogen-bond acceptors (Lipinski definition) is 1. The molecular weight excluding hydrogens is 124 g/mol. The summed E-state index contributed by atoms with van der Waals surface area (Å²) in [6.45, 7) is 2.20. The van der Waals surface area contributed by atoms with Gasteiger partial charge in [-0.1, -0.05) is 13.0 Å². The summed E-state index contributed by atoms with van der Waals surface area (Å²) in [5.41, 5.74) is 0. The molecule has 56 valence electrons. The molecular formula is C9H14O. The van der Waals surface area contributed by atoms with E-state index in [1.165, 1.54) is 12.8 Å². The number of ether oxygens (including phenoxy) is 1. The van der Waals surface area contributed by atoms with Gasteiger partial charge in [0.2, 0.25) is 0 Å². The van der Waals surface area contributed by atoms with Crippen molar-refractivity contribution in [2.24, 2.45) is 5.92 Å². The van der Waals surface area contributed by atoms with Crippen LogP contribution in [0.25, 0.3) is 0 Å². The third kappa shape index (κ3) is 1.63. The fraction of sp³-hybridized carbons (Fsp3) is 0.556. The number of allylic oxidation sites excluding steroid dienone is 3. The van der Waals surface area contributed by atoms with Gasteiger partial charge in [-0.25, -0.2) is 0 Å². The Hall–Kier alpha value is -0.720. The Kier molecular flexibility index (Phi) is 2.55. The lowest BCUT2D eigenvalue weighted by Gasteiger charge is -2.13. The van der Waals surface area contributed by atoms with Gasteiger partial charge >= 0.3 is 0 Å².